The molecule has 0 radical (unpaired) electrons. The van der Waals surface area contributed by atoms with E-state index >= 15 is 0 Å². The third-order valence-corrected chi connectivity index (χ3v) is 2.24. The molecule has 0 unspecified atom stereocenters. The van der Waals surface area contributed by atoms with E-state index in [1.165, 1.54) is 19.1 Å². The number of carbonyl (C=O) groups excluding carboxylic acids is 1. The quantitative estimate of drug-likeness (QED) is 0.675. The number of hydrogen-bond acceptors (Lipinski definition) is 2. The first-order valence-corrected chi connectivity index (χ1v) is 4.57. The number of halogens is 3. The average molecular weight is 220 g/mol. The Morgan fingerprint density at radius 3 is 2.07 bits per heavy atom. The van der Waals surface area contributed by atoms with Gasteiger partial charge in [0.05, 0.1) is 5.56 Å². The van der Waals surface area contributed by atoms with Gasteiger partial charge in [-0.25, -0.2) is 0 Å². The van der Waals surface area contributed by atoms with E-state index in [-0.39, 0.29) is 5.12 Å². The maximum absolute atomic E-state index is 12.1. The molecule has 0 fully saturated rings. The van der Waals surface area contributed by atoms with Crippen LogP contribution in [-0.2, 0) is 11.0 Å². The van der Waals surface area contributed by atoms with Gasteiger partial charge >= 0.3 is 6.18 Å². The molecule has 0 amide bonds. The molecule has 0 spiro atoms. The number of benzene rings is 1. The molecule has 0 saturated carbocycles. The molecule has 1 aromatic carbocycles. The fourth-order valence-corrected chi connectivity index (χ4v) is 1.48. The summed E-state index contributed by atoms with van der Waals surface area (Å²) in [6.07, 6.45) is -4.32. The minimum Gasteiger partial charge on any atom is -0.287 e. The number of carbonyl (C=O) groups is 1. The Morgan fingerprint density at radius 1 is 1.21 bits per heavy atom. The molecule has 76 valence electrons. The summed E-state index contributed by atoms with van der Waals surface area (Å²) in [6, 6.07) is 4.50. The number of thioether (sulfide) groups is 1. The second kappa shape index (κ2) is 4.04. The zero-order chi connectivity index (χ0) is 10.8. The van der Waals surface area contributed by atoms with Crippen molar-refractivity contribution in [1.82, 2.24) is 0 Å². The fourth-order valence-electron chi connectivity index (χ4n) is 0.878. The first-order valence-electron chi connectivity index (χ1n) is 3.75. The molecule has 5 heteroatoms. The lowest BCUT2D eigenvalue weighted by molar-refractivity contribution is -0.137. The van der Waals surface area contributed by atoms with E-state index in [0.29, 0.717) is 4.90 Å². The van der Waals surface area contributed by atoms with Crippen LogP contribution in [0.3, 0.4) is 0 Å². The topological polar surface area (TPSA) is 17.1 Å². The Labute approximate surface area is 83.3 Å². The highest BCUT2D eigenvalue weighted by Crippen LogP contribution is 2.30. The molecule has 0 aliphatic carbocycles. The molecular formula is C9H7F3OS. The van der Waals surface area contributed by atoms with Crippen LogP contribution in [0.15, 0.2) is 29.2 Å². The van der Waals surface area contributed by atoms with Gasteiger partial charge in [-0.2, -0.15) is 13.2 Å². The SMILES string of the molecule is CC(=O)Sc1ccc(C(F)(F)F)cc1. The molecule has 1 aromatic rings. The summed E-state index contributed by atoms with van der Waals surface area (Å²) in [7, 11) is 0. The summed E-state index contributed by atoms with van der Waals surface area (Å²) in [5, 5.41) is -0.148. The van der Waals surface area contributed by atoms with Crippen LogP contribution in [0.5, 0.6) is 0 Å². The van der Waals surface area contributed by atoms with Crippen molar-refractivity contribution in [2.75, 3.05) is 0 Å². The summed E-state index contributed by atoms with van der Waals surface area (Å²) < 4.78 is 36.3. The Balaban J connectivity index is 2.84. The normalized spacial score (nSPS) is 11.4. The zero-order valence-electron chi connectivity index (χ0n) is 7.26. The van der Waals surface area contributed by atoms with Gasteiger partial charge in [0.1, 0.15) is 0 Å². The Hall–Kier alpha value is -0.970. The molecule has 0 aliphatic heterocycles. The lowest BCUT2D eigenvalue weighted by atomic mass is 10.2. The van der Waals surface area contributed by atoms with E-state index < -0.39 is 11.7 Å². The highest BCUT2D eigenvalue weighted by molar-refractivity contribution is 8.13. The molecule has 0 aliphatic rings. The van der Waals surface area contributed by atoms with Crippen molar-refractivity contribution in [3.8, 4) is 0 Å². The van der Waals surface area contributed by atoms with Crippen molar-refractivity contribution in [2.24, 2.45) is 0 Å². The first kappa shape index (κ1) is 11.1. The second-order valence-corrected chi connectivity index (χ2v) is 3.87. The predicted molar refractivity (Wildman–Crippen MR) is 48.0 cm³/mol. The van der Waals surface area contributed by atoms with E-state index in [1.54, 1.807) is 0 Å². The smallest absolute Gasteiger partial charge is 0.287 e. The van der Waals surface area contributed by atoms with Crippen LogP contribution in [0.2, 0.25) is 0 Å². The summed E-state index contributed by atoms with van der Waals surface area (Å²) in [4.78, 5) is 11.2. The van der Waals surface area contributed by atoms with Gasteiger partial charge in [0.2, 0.25) is 0 Å². The number of hydrogen-bond donors (Lipinski definition) is 0. The summed E-state index contributed by atoms with van der Waals surface area (Å²) in [6.45, 7) is 1.36. The standard InChI is InChI=1S/C9H7F3OS/c1-6(13)14-8-4-2-7(3-5-8)9(10,11)12/h2-5H,1H3. The van der Waals surface area contributed by atoms with Gasteiger partial charge in [-0.1, -0.05) is 11.8 Å². The van der Waals surface area contributed by atoms with Crippen LogP contribution < -0.4 is 0 Å². The zero-order valence-corrected chi connectivity index (χ0v) is 8.08. The van der Waals surface area contributed by atoms with Gasteiger partial charge in [0, 0.05) is 11.8 Å². The average Bonchev–Trinajstić information content (AvgIpc) is 2.02. The molecule has 0 atom stereocenters. The second-order valence-electron chi connectivity index (χ2n) is 2.62. The summed E-state index contributed by atoms with van der Waals surface area (Å²) in [5.41, 5.74) is -0.703. The predicted octanol–water partition coefficient (Wildman–Crippen LogP) is 3.34. The van der Waals surface area contributed by atoms with E-state index in [2.05, 4.69) is 0 Å². The van der Waals surface area contributed by atoms with Crippen LogP contribution in [-0.4, -0.2) is 5.12 Å². The minimum absolute atomic E-state index is 0.148. The van der Waals surface area contributed by atoms with E-state index in [0.717, 1.165) is 23.9 Å². The molecule has 1 rings (SSSR count). The van der Waals surface area contributed by atoms with Crippen LogP contribution in [0.25, 0.3) is 0 Å². The molecule has 0 saturated heterocycles. The van der Waals surface area contributed by atoms with Gasteiger partial charge < -0.3 is 0 Å². The summed E-state index contributed by atoms with van der Waals surface area (Å²) >= 11 is 0.912. The largest absolute Gasteiger partial charge is 0.416 e. The van der Waals surface area contributed by atoms with Crippen molar-refractivity contribution in [3.63, 3.8) is 0 Å². The monoisotopic (exact) mass is 220 g/mol. The highest BCUT2D eigenvalue weighted by atomic mass is 32.2. The van der Waals surface area contributed by atoms with E-state index in [9.17, 15) is 18.0 Å². The third-order valence-electron chi connectivity index (χ3n) is 1.44. The molecule has 1 nitrogen and oxygen atoms in total. The Bertz CT molecular complexity index is 329. The van der Waals surface area contributed by atoms with Gasteiger partial charge in [-0.3, -0.25) is 4.79 Å². The maximum atomic E-state index is 12.1. The maximum Gasteiger partial charge on any atom is 0.416 e. The highest BCUT2D eigenvalue weighted by Gasteiger charge is 2.29. The third kappa shape index (κ3) is 3.06. The molecule has 14 heavy (non-hydrogen) atoms. The van der Waals surface area contributed by atoms with Crippen molar-refractivity contribution < 1.29 is 18.0 Å². The Kier molecular flexibility index (Phi) is 3.21. The molecular weight excluding hydrogens is 213 g/mol. The van der Waals surface area contributed by atoms with Crippen molar-refractivity contribution in [2.45, 2.75) is 18.0 Å². The van der Waals surface area contributed by atoms with Crippen LogP contribution >= 0.6 is 11.8 Å². The minimum atomic E-state index is -4.32. The number of rotatable bonds is 1. The van der Waals surface area contributed by atoms with Crippen LogP contribution in [0.4, 0.5) is 13.2 Å². The lowest BCUT2D eigenvalue weighted by Gasteiger charge is -2.06. The van der Waals surface area contributed by atoms with Gasteiger partial charge in [0.15, 0.2) is 5.12 Å². The van der Waals surface area contributed by atoms with Crippen molar-refractivity contribution in [3.05, 3.63) is 29.8 Å². The number of alkyl halides is 3. The summed E-state index contributed by atoms with van der Waals surface area (Å²) in [5.74, 6) is 0. The van der Waals surface area contributed by atoms with Crippen molar-refractivity contribution >= 4 is 16.9 Å². The lowest BCUT2D eigenvalue weighted by Crippen LogP contribution is -2.03. The first-order chi connectivity index (χ1) is 6.39. The molecule has 0 bridgehead atoms. The molecule has 0 heterocycles. The van der Waals surface area contributed by atoms with Crippen LogP contribution in [0, 0.1) is 0 Å². The van der Waals surface area contributed by atoms with Gasteiger partial charge in [0.25, 0.3) is 0 Å². The van der Waals surface area contributed by atoms with E-state index in [4.69, 9.17) is 0 Å². The van der Waals surface area contributed by atoms with Crippen LogP contribution in [0.1, 0.15) is 12.5 Å². The molecule has 0 N–H and O–H groups in total. The molecule has 0 aromatic heterocycles. The van der Waals surface area contributed by atoms with Gasteiger partial charge in [-0.15, -0.1) is 0 Å². The fraction of sp³-hybridized carbons (Fsp3) is 0.222. The Morgan fingerprint density at radius 2 is 1.71 bits per heavy atom. The van der Waals surface area contributed by atoms with Crippen molar-refractivity contribution in [1.29, 1.82) is 0 Å². The van der Waals surface area contributed by atoms with E-state index in [1.807, 2.05) is 0 Å². The van der Waals surface area contributed by atoms with Gasteiger partial charge in [-0.05, 0) is 24.3 Å².